The predicted octanol–water partition coefficient (Wildman–Crippen LogP) is 11.3. The van der Waals surface area contributed by atoms with Crippen LogP contribution in [0, 0.1) is 0 Å². The summed E-state index contributed by atoms with van der Waals surface area (Å²) < 4.78 is 12.1. The van der Waals surface area contributed by atoms with Crippen molar-refractivity contribution in [1.82, 2.24) is 9.80 Å². The van der Waals surface area contributed by atoms with E-state index < -0.39 is 0 Å². The summed E-state index contributed by atoms with van der Waals surface area (Å²) in [6, 6.07) is 17.7. The Morgan fingerprint density at radius 3 is 0.935 bits per heavy atom. The molecule has 2 rings (SSSR count). The number of hydrogen-bond acceptors (Lipinski definition) is 4. The van der Waals surface area contributed by atoms with Crippen LogP contribution in [0.25, 0.3) is 11.1 Å². The average molecular weight is 637 g/mol. The van der Waals surface area contributed by atoms with Crippen LogP contribution in [0.15, 0.2) is 48.5 Å². The van der Waals surface area contributed by atoms with E-state index in [0.29, 0.717) is 13.2 Å². The van der Waals surface area contributed by atoms with E-state index in [1.807, 2.05) is 0 Å². The number of ether oxygens (including phenoxy) is 2. The van der Waals surface area contributed by atoms with Gasteiger partial charge in [-0.1, -0.05) is 128 Å². The molecule has 262 valence electrons. The van der Waals surface area contributed by atoms with Crippen molar-refractivity contribution in [2.24, 2.45) is 0 Å². The van der Waals surface area contributed by atoms with Crippen molar-refractivity contribution in [2.45, 2.75) is 144 Å². The SMILES string of the molecule is CCCCCN(CCCCC)CCCCOCc1ccc(-c2ccc(COCCCCN(CCCCC)CCCCC)cc2)cc1. The van der Waals surface area contributed by atoms with Crippen LogP contribution in [0.2, 0.25) is 0 Å². The van der Waals surface area contributed by atoms with Crippen molar-refractivity contribution >= 4 is 0 Å². The van der Waals surface area contributed by atoms with E-state index in [1.54, 1.807) is 0 Å². The lowest BCUT2D eigenvalue weighted by Gasteiger charge is -2.22. The Morgan fingerprint density at radius 1 is 0.370 bits per heavy atom. The van der Waals surface area contributed by atoms with Gasteiger partial charge >= 0.3 is 0 Å². The summed E-state index contributed by atoms with van der Waals surface area (Å²) in [6.45, 7) is 19.7. The minimum absolute atomic E-state index is 0.697. The highest BCUT2D eigenvalue weighted by molar-refractivity contribution is 5.63. The Kier molecular flexibility index (Phi) is 24.9. The molecule has 0 N–H and O–H groups in total. The summed E-state index contributed by atoms with van der Waals surface area (Å²) in [5, 5.41) is 0. The zero-order chi connectivity index (χ0) is 32.9. The molecule has 0 atom stereocenters. The normalized spacial score (nSPS) is 11.7. The van der Waals surface area contributed by atoms with E-state index in [9.17, 15) is 0 Å². The van der Waals surface area contributed by atoms with Gasteiger partial charge < -0.3 is 19.3 Å². The van der Waals surface area contributed by atoms with Crippen molar-refractivity contribution in [3.8, 4) is 11.1 Å². The van der Waals surface area contributed by atoms with Gasteiger partial charge in [0.15, 0.2) is 0 Å². The molecule has 0 fully saturated rings. The molecule has 0 aromatic heterocycles. The number of nitrogens with zero attached hydrogens (tertiary/aromatic N) is 2. The summed E-state index contributed by atoms with van der Waals surface area (Å²) in [5.74, 6) is 0. The molecule has 0 bridgehead atoms. The number of rotatable bonds is 31. The molecule has 0 aliphatic rings. The van der Waals surface area contributed by atoms with E-state index in [1.165, 1.54) is 151 Å². The van der Waals surface area contributed by atoms with Crippen molar-refractivity contribution in [3.63, 3.8) is 0 Å². The highest BCUT2D eigenvalue weighted by Gasteiger charge is 2.06. The smallest absolute Gasteiger partial charge is 0.0716 e. The maximum Gasteiger partial charge on any atom is 0.0716 e. The first-order chi connectivity index (χ1) is 22.7. The van der Waals surface area contributed by atoms with E-state index in [0.717, 1.165) is 26.1 Å². The fraction of sp³-hybridized carbons (Fsp3) is 0.714. The third kappa shape index (κ3) is 19.8. The summed E-state index contributed by atoms with van der Waals surface area (Å²) in [6.07, 6.45) is 20.7. The Balaban J connectivity index is 1.61. The van der Waals surface area contributed by atoms with Crippen molar-refractivity contribution < 1.29 is 9.47 Å². The van der Waals surface area contributed by atoms with Gasteiger partial charge in [-0.25, -0.2) is 0 Å². The highest BCUT2D eigenvalue weighted by Crippen LogP contribution is 2.21. The third-order valence-corrected chi connectivity index (χ3v) is 9.12. The van der Waals surface area contributed by atoms with E-state index >= 15 is 0 Å². The number of benzene rings is 2. The molecule has 0 amide bonds. The van der Waals surface area contributed by atoms with Crippen LogP contribution < -0.4 is 0 Å². The van der Waals surface area contributed by atoms with Crippen molar-refractivity contribution in [3.05, 3.63) is 59.7 Å². The minimum atomic E-state index is 0.697. The third-order valence-electron chi connectivity index (χ3n) is 9.12. The van der Waals surface area contributed by atoms with Crippen LogP contribution in [0.5, 0.6) is 0 Å². The van der Waals surface area contributed by atoms with E-state index in [2.05, 4.69) is 86.0 Å². The maximum atomic E-state index is 6.04. The van der Waals surface area contributed by atoms with Gasteiger partial charge in [0.1, 0.15) is 0 Å². The van der Waals surface area contributed by atoms with Gasteiger partial charge in [0, 0.05) is 13.2 Å². The summed E-state index contributed by atoms with van der Waals surface area (Å²) >= 11 is 0. The van der Waals surface area contributed by atoms with Crippen LogP contribution >= 0.6 is 0 Å². The quantitative estimate of drug-likeness (QED) is 0.0769. The topological polar surface area (TPSA) is 24.9 Å². The molecule has 46 heavy (non-hydrogen) atoms. The molecule has 0 spiro atoms. The Morgan fingerprint density at radius 2 is 0.652 bits per heavy atom. The summed E-state index contributed by atoms with van der Waals surface area (Å²) in [4.78, 5) is 5.37. The molecule has 0 radical (unpaired) electrons. The van der Waals surface area contributed by atoms with Crippen LogP contribution in [0.3, 0.4) is 0 Å². The molecule has 0 saturated heterocycles. The van der Waals surface area contributed by atoms with E-state index in [4.69, 9.17) is 9.47 Å². The first kappa shape index (κ1) is 40.5. The van der Waals surface area contributed by atoms with Gasteiger partial charge in [-0.3, -0.25) is 0 Å². The van der Waals surface area contributed by atoms with E-state index in [-0.39, 0.29) is 0 Å². The maximum absolute atomic E-state index is 6.04. The molecule has 0 aliphatic heterocycles. The molecule has 2 aromatic rings. The van der Waals surface area contributed by atoms with Crippen molar-refractivity contribution in [2.75, 3.05) is 52.5 Å². The summed E-state index contributed by atoms with van der Waals surface area (Å²) in [7, 11) is 0. The summed E-state index contributed by atoms with van der Waals surface area (Å²) in [5.41, 5.74) is 5.01. The molecular weight excluding hydrogens is 564 g/mol. The molecule has 4 heteroatoms. The van der Waals surface area contributed by atoms with Crippen LogP contribution in [0.4, 0.5) is 0 Å². The van der Waals surface area contributed by atoms with Gasteiger partial charge in [-0.2, -0.15) is 0 Å². The monoisotopic (exact) mass is 637 g/mol. The van der Waals surface area contributed by atoms with Crippen molar-refractivity contribution in [1.29, 1.82) is 0 Å². The second-order valence-electron chi connectivity index (χ2n) is 13.4. The van der Waals surface area contributed by atoms with Crippen LogP contribution in [-0.2, 0) is 22.7 Å². The Bertz CT molecular complexity index is 832. The fourth-order valence-corrected chi connectivity index (χ4v) is 6.06. The molecule has 0 aliphatic carbocycles. The zero-order valence-electron chi connectivity index (χ0n) is 30.7. The molecule has 2 aromatic carbocycles. The van der Waals surface area contributed by atoms with Gasteiger partial charge in [-0.15, -0.1) is 0 Å². The highest BCUT2D eigenvalue weighted by atomic mass is 16.5. The first-order valence-corrected chi connectivity index (χ1v) is 19.5. The van der Waals surface area contributed by atoms with Gasteiger partial charge in [-0.05, 0) is 113 Å². The second kappa shape index (κ2) is 28.3. The predicted molar refractivity (Wildman–Crippen MR) is 201 cm³/mol. The molecule has 4 nitrogen and oxygen atoms in total. The zero-order valence-corrected chi connectivity index (χ0v) is 30.7. The molecule has 0 saturated carbocycles. The standard InChI is InChI=1S/C42H72N2O2/c1-5-9-13-29-43(30-14-10-6-2)33-17-19-35-45-37-39-21-25-41(26-22-39)42-27-23-40(24-28-42)38-46-36-20-18-34-44(31-15-11-7-3)32-16-12-8-4/h21-28H,5-20,29-38H2,1-4H3. The minimum Gasteiger partial charge on any atom is -0.377 e. The molecule has 0 heterocycles. The lowest BCUT2D eigenvalue weighted by Crippen LogP contribution is -2.27. The van der Waals surface area contributed by atoms with Crippen LogP contribution in [0.1, 0.15) is 142 Å². The van der Waals surface area contributed by atoms with Gasteiger partial charge in [0.25, 0.3) is 0 Å². The number of unbranched alkanes of at least 4 members (excludes halogenated alkanes) is 10. The lowest BCUT2D eigenvalue weighted by atomic mass is 10.0. The first-order valence-electron chi connectivity index (χ1n) is 19.5. The lowest BCUT2D eigenvalue weighted by molar-refractivity contribution is 0.114. The Hall–Kier alpha value is -1.72. The number of hydrogen-bond donors (Lipinski definition) is 0. The Labute approximate surface area is 285 Å². The average Bonchev–Trinajstić information content (AvgIpc) is 3.08. The largest absolute Gasteiger partial charge is 0.377 e. The van der Waals surface area contributed by atoms with Gasteiger partial charge in [0.2, 0.25) is 0 Å². The molecule has 0 unspecified atom stereocenters. The second-order valence-corrected chi connectivity index (χ2v) is 13.4. The van der Waals surface area contributed by atoms with Crippen LogP contribution in [-0.4, -0.2) is 62.3 Å². The fourth-order valence-electron chi connectivity index (χ4n) is 6.06. The van der Waals surface area contributed by atoms with Gasteiger partial charge in [0.05, 0.1) is 13.2 Å². The molecular formula is C42H72N2O2.